The average molecular weight is 322 g/mol. The van der Waals surface area contributed by atoms with Gasteiger partial charge < -0.3 is 5.73 Å². The van der Waals surface area contributed by atoms with Gasteiger partial charge in [0.1, 0.15) is 0 Å². The lowest BCUT2D eigenvalue weighted by Crippen LogP contribution is -2.10. The van der Waals surface area contributed by atoms with Gasteiger partial charge in [-0.1, -0.05) is 71.0 Å². The van der Waals surface area contributed by atoms with Crippen LogP contribution in [0.2, 0.25) is 0 Å². The van der Waals surface area contributed by atoms with E-state index in [0.717, 1.165) is 24.9 Å². The molecule has 2 aromatic rings. The first kappa shape index (κ1) is 18.3. The standard InChI is InChI=1S/C21H25N.C2H6/c1-21(2,3)19-10-7-15(8-11-19)16-5-4-6-17-14-20(22)12-9-18(17)13-16;1-2/h5,7-12,14H,4,6,13,22H2,1-3H3;1-2H3. The van der Waals surface area contributed by atoms with Crippen LogP contribution in [0.5, 0.6) is 0 Å². The number of allylic oxidation sites excluding steroid dienone is 2. The second-order valence-electron chi connectivity index (χ2n) is 7.30. The van der Waals surface area contributed by atoms with Crippen molar-refractivity contribution in [2.75, 3.05) is 5.73 Å². The number of benzene rings is 2. The maximum Gasteiger partial charge on any atom is 0.0316 e. The number of fused-ring (bicyclic) bond motifs is 1. The predicted molar refractivity (Wildman–Crippen MR) is 107 cm³/mol. The van der Waals surface area contributed by atoms with Crippen LogP contribution in [0.1, 0.15) is 63.3 Å². The minimum absolute atomic E-state index is 0.209. The van der Waals surface area contributed by atoms with Crippen LogP contribution in [0.25, 0.3) is 5.57 Å². The molecule has 128 valence electrons. The fourth-order valence-electron chi connectivity index (χ4n) is 3.13. The Bertz CT molecular complexity index is 700. The summed E-state index contributed by atoms with van der Waals surface area (Å²) >= 11 is 0. The molecule has 2 aromatic carbocycles. The zero-order chi connectivity index (χ0) is 17.7. The third-order valence-electron chi connectivity index (χ3n) is 4.54. The fourth-order valence-corrected chi connectivity index (χ4v) is 3.13. The summed E-state index contributed by atoms with van der Waals surface area (Å²) in [5, 5.41) is 0. The maximum atomic E-state index is 5.92. The third-order valence-corrected chi connectivity index (χ3v) is 4.54. The number of rotatable bonds is 1. The maximum absolute atomic E-state index is 5.92. The Morgan fingerprint density at radius 3 is 2.17 bits per heavy atom. The summed E-state index contributed by atoms with van der Waals surface area (Å²) in [6.45, 7) is 10.8. The highest BCUT2D eigenvalue weighted by Crippen LogP contribution is 2.30. The summed E-state index contributed by atoms with van der Waals surface area (Å²) in [5.74, 6) is 0. The van der Waals surface area contributed by atoms with E-state index in [-0.39, 0.29) is 5.41 Å². The lowest BCUT2D eigenvalue weighted by molar-refractivity contribution is 0.590. The molecule has 24 heavy (non-hydrogen) atoms. The van der Waals surface area contributed by atoms with E-state index in [1.165, 1.54) is 27.8 Å². The summed E-state index contributed by atoms with van der Waals surface area (Å²) in [5.41, 5.74) is 14.0. The Balaban J connectivity index is 0.00000100. The molecular weight excluding hydrogens is 290 g/mol. The molecule has 1 nitrogen and oxygen atoms in total. The zero-order valence-electron chi connectivity index (χ0n) is 15.8. The molecule has 0 aliphatic heterocycles. The SMILES string of the molecule is CC.CC(C)(C)c1ccc(C2=CCCc3cc(N)ccc3C2)cc1. The van der Waals surface area contributed by atoms with Crippen molar-refractivity contribution in [1.82, 2.24) is 0 Å². The Morgan fingerprint density at radius 2 is 1.54 bits per heavy atom. The van der Waals surface area contributed by atoms with Crippen LogP contribution in [0.15, 0.2) is 48.5 Å². The van der Waals surface area contributed by atoms with Crippen LogP contribution in [0, 0.1) is 0 Å². The highest BCUT2D eigenvalue weighted by atomic mass is 14.5. The van der Waals surface area contributed by atoms with E-state index in [1.54, 1.807) is 0 Å². The first-order valence-electron chi connectivity index (χ1n) is 9.11. The van der Waals surface area contributed by atoms with Gasteiger partial charge in [0.15, 0.2) is 0 Å². The number of nitrogen functional groups attached to an aromatic ring is 1. The largest absolute Gasteiger partial charge is 0.399 e. The van der Waals surface area contributed by atoms with E-state index in [4.69, 9.17) is 5.73 Å². The molecule has 0 radical (unpaired) electrons. The summed E-state index contributed by atoms with van der Waals surface area (Å²) in [7, 11) is 0. The third kappa shape index (κ3) is 4.29. The average Bonchev–Trinajstić information content (AvgIpc) is 2.78. The Morgan fingerprint density at radius 1 is 0.875 bits per heavy atom. The van der Waals surface area contributed by atoms with Gasteiger partial charge in [0.2, 0.25) is 0 Å². The lowest BCUT2D eigenvalue weighted by Gasteiger charge is -2.19. The molecular formula is C23H31N. The molecule has 0 aromatic heterocycles. The molecule has 0 saturated carbocycles. The second-order valence-corrected chi connectivity index (χ2v) is 7.30. The molecule has 1 aliphatic carbocycles. The van der Waals surface area contributed by atoms with E-state index >= 15 is 0 Å². The lowest BCUT2D eigenvalue weighted by atomic mass is 9.86. The first-order valence-corrected chi connectivity index (χ1v) is 9.11. The van der Waals surface area contributed by atoms with Crippen molar-refractivity contribution in [3.8, 4) is 0 Å². The summed E-state index contributed by atoms with van der Waals surface area (Å²) in [4.78, 5) is 0. The van der Waals surface area contributed by atoms with Gasteiger partial charge in [0, 0.05) is 5.69 Å². The minimum atomic E-state index is 0.209. The van der Waals surface area contributed by atoms with Crippen LogP contribution >= 0.6 is 0 Å². The van der Waals surface area contributed by atoms with E-state index in [0.29, 0.717) is 0 Å². The molecule has 3 rings (SSSR count). The van der Waals surface area contributed by atoms with E-state index in [1.807, 2.05) is 19.9 Å². The molecule has 0 saturated heterocycles. The molecule has 0 fully saturated rings. The van der Waals surface area contributed by atoms with E-state index in [9.17, 15) is 0 Å². The van der Waals surface area contributed by atoms with Gasteiger partial charge in [0.05, 0.1) is 0 Å². The number of hydrogen-bond acceptors (Lipinski definition) is 1. The number of nitrogens with two attached hydrogens (primary N) is 1. The molecule has 2 N–H and O–H groups in total. The van der Waals surface area contributed by atoms with Gasteiger partial charge in [-0.2, -0.15) is 0 Å². The molecule has 0 spiro atoms. The molecule has 0 heterocycles. The monoisotopic (exact) mass is 321 g/mol. The van der Waals surface area contributed by atoms with Gasteiger partial charge in [-0.3, -0.25) is 0 Å². The van der Waals surface area contributed by atoms with Crippen LogP contribution in [0.4, 0.5) is 5.69 Å². The van der Waals surface area contributed by atoms with E-state index < -0.39 is 0 Å². The van der Waals surface area contributed by atoms with Crippen molar-refractivity contribution in [2.24, 2.45) is 0 Å². The van der Waals surface area contributed by atoms with Gasteiger partial charge in [-0.25, -0.2) is 0 Å². The molecule has 0 unspecified atom stereocenters. The van der Waals surface area contributed by atoms with Crippen molar-refractivity contribution in [3.05, 3.63) is 70.8 Å². The summed E-state index contributed by atoms with van der Waals surface area (Å²) < 4.78 is 0. The molecule has 1 aliphatic rings. The van der Waals surface area contributed by atoms with Crippen LogP contribution < -0.4 is 5.73 Å². The minimum Gasteiger partial charge on any atom is -0.399 e. The smallest absolute Gasteiger partial charge is 0.0316 e. The summed E-state index contributed by atoms with van der Waals surface area (Å²) in [6, 6.07) is 15.4. The van der Waals surface area contributed by atoms with Gasteiger partial charge in [-0.15, -0.1) is 0 Å². The number of aryl methyl sites for hydroxylation is 1. The quantitative estimate of drug-likeness (QED) is 0.625. The van der Waals surface area contributed by atoms with E-state index in [2.05, 4.69) is 63.2 Å². The highest BCUT2D eigenvalue weighted by Gasteiger charge is 2.15. The van der Waals surface area contributed by atoms with Crippen molar-refractivity contribution in [3.63, 3.8) is 0 Å². The van der Waals surface area contributed by atoms with Crippen LogP contribution in [-0.2, 0) is 18.3 Å². The molecule has 1 heteroatoms. The van der Waals surface area contributed by atoms with Crippen molar-refractivity contribution >= 4 is 11.3 Å². The van der Waals surface area contributed by atoms with Crippen molar-refractivity contribution in [1.29, 1.82) is 0 Å². The number of hydrogen-bond donors (Lipinski definition) is 1. The van der Waals surface area contributed by atoms with Crippen LogP contribution in [-0.4, -0.2) is 0 Å². The predicted octanol–water partition coefficient (Wildman–Crippen LogP) is 6.16. The molecule has 0 atom stereocenters. The zero-order valence-corrected chi connectivity index (χ0v) is 15.8. The first-order chi connectivity index (χ1) is 11.4. The summed E-state index contributed by atoms with van der Waals surface area (Å²) in [6.07, 6.45) is 5.57. The number of anilines is 1. The van der Waals surface area contributed by atoms with Gasteiger partial charge >= 0.3 is 0 Å². The van der Waals surface area contributed by atoms with Gasteiger partial charge in [0.25, 0.3) is 0 Å². The Hall–Kier alpha value is -2.02. The normalized spacial score (nSPS) is 14.0. The topological polar surface area (TPSA) is 26.0 Å². The van der Waals surface area contributed by atoms with Crippen molar-refractivity contribution in [2.45, 2.75) is 59.3 Å². The molecule has 0 bridgehead atoms. The fraction of sp³-hybridized carbons (Fsp3) is 0.391. The Labute approximate surface area is 147 Å². The molecule has 0 amide bonds. The Kier molecular flexibility index (Phi) is 5.88. The van der Waals surface area contributed by atoms with Crippen molar-refractivity contribution < 1.29 is 0 Å². The second kappa shape index (κ2) is 7.70. The van der Waals surface area contributed by atoms with Crippen LogP contribution in [0.3, 0.4) is 0 Å². The van der Waals surface area contributed by atoms with Gasteiger partial charge in [-0.05, 0) is 64.6 Å². The highest BCUT2D eigenvalue weighted by molar-refractivity contribution is 5.69.